The molecule has 29 heavy (non-hydrogen) atoms. The van der Waals surface area contributed by atoms with E-state index in [1.54, 1.807) is 53.4 Å². The molecule has 1 heterocycles. The second-order valence-electron chi connectivity index (χ2n) is 6.78. The fraction of sp³-hybridized carbons (Fsp3) is 0.0870. The Hall–Kier alpha value is -2.46. The number of amides is 1. The molecular formula is C23H16Cl3NO2. The van der Waals surface area contributed by atoms with Crippen molar-refractivity contribution in [1.29, 1.82) is 0 Å². The van der Waals surface area contributed by atoms with Gasteiger partial charge in [-0.05, 0) is 53.1 Å². The molecule has 0 saturated heterocycles. The summed E-state index contributed by atoms with van der Waals surface area (Å²) in [5.74, 6) is -0.689. The van der Waals surface area contributed by atoms with Crippen molar-refractivity contribution in [2.75, 3.05) is 0 Å². The van der Waals surface area contributed by atoms with Crippen LogP contribution in [-0.4, -0.2) is 15.9 Å². The molecule has 3 aromatic carbocycles. The molecule has 6 heteroatoms. The maximum absolute atomic E-state index is 13.0. The zero-order valence-corrected chi connectivity index (χ0v) is 17.4. The summed E-state index contributed by atoms with van der Waals surface area (Å²) in [6.45, 7) is 0.324. The molecule has 3 nitrogen and oxygen atoms in total. The number of hydrogen-bond acceptors (Lipinski definition) is 2. The SMILES string of the molecule is O=C1C(O)=C(c2ccc(Cl)cc2)C(c2ccc(Cl)cc2)N1Cc1ccc(Cl)cc1. The van der Waals surface area contributed by atoms with Crippen LogP contribution in [0.1, 0.15) is 22.7 Å². The van der Waals surface area contributed by atoms with Crippen molar-refractivity contribution in [2.45, 2.75) is 12.6 Å². The molecule has 1 aliphatic heterocycles. The summed E-state index contributed by atoms with van der Waals surface area (Å²) in [7, 11) is 0. The molecule has 4 rings (SSSR count). The van der Waals surface area contributed by atoms with Gasteiger partial charge in [-0.2, -0.15) is 0 Å². The highest BCUT2D eigenvalue weighted by molar-refractivity contribution is 6.31. The van der Waals surface area contributed by atoms with Gasteiger partial charge in [-0.1, -0.05) is 71.2 Å². The van der Waals surface area contributed by atoms with Crippen LogP contribution in [0.25, 0.3) is 5.57 Å². The van der Waals surface area contributed by atoms with Crippen molar-refractivity contribution in [1.82, 2.24) is 4.90 Å². The van der Waals surface area contributed by atoms with Crippen molar-refractivity contribution >= 4 is 46.3 Å². The highest BCUT2D eigenvalue weighted by Crippen LogP contribution is 2.44. The van der Waals surface area contributed by atoms with Gasteiger partial charge >= 0.3 is 0 Å². The van der Waals surface area contributed by atoms with Gasteiger partial charge in [-0.3, -0.25) is 4.79 Å². The van der Waals surface area contributed by atoms with Crippen molar-refractivity contribution in [3.05, 3.63) is 110 Å². The largest absolute Gasteiger partial charge is 0.503 e. The van der Waals surface area contributed by atoms with Crippen molar-refractivity contribution in [2.24, 2.45) is 0 Å². The molecule has 146 valence electrons. The van der Waals surface area contributed by atoms with E-state index in [-0.39, 0.29) is 5.76 Å². The lowest BCUT2D eigenvalue weighted by Crippen LogP contribution is -2.29. The van der Waals surface area contributed by atoms with Crippen molar-refractivity contribution in [3.63, 3.8) is 0 Å². The smallest absolute Gasteiger partial charge is 0.290 e. The Balaban J connectivity index is 1.80. The van der Waals surface area contributed by atoms with Gasteiger partial charge in [-0.25, -0.2) is 0 Å². The van der Waals surface area contributed by atoms with Gasteiger partial charge < -0.3 is 10.0 Å². The second-order valence-corrected chi connectivity index (χ2v) is 8.09. The maximum atomic E-state index is 13.0. The first-order valence-electron chi connectivity index (χ1n) is 8.94. The molecule has 0 aromatic heterocycles. The Labute approximate surface area is 183 Å². The highest BCUT2D eigenvalue weighted by Gasteiger charge is 2.40. The van der Waals surface area contributed by atoms with E-state index in [0.29, 0.717) is 27.2 Å². The van der Waals surface area contributed by atoms with E-state index >= 15 is 0 Å². The predicted molar refractivity (Wildman–Crippen MR) is 117 cm³/mol. The van der Waals surface area contributed by atoms with Gasteiger partial charge in [0.15, 0.2) is 5.76 Å². The monoisotopic (exact) mass is 443 g/mol. The minimum Gasteiger partial charge on any atom is -0.503 e. The van der Waals surface area contributed by atoms with E-state index in [9.17, 15) is 9.90 Å². The zero-order chi connectivity index (χ0) is 20.5. The van der Waals surface area contributed by atoms with Crippen LogP contribution < -0.4 is 0 Å². The number of aliphatic hydroxyl groups is 1. The van der Waals surface area contributed by atoms with E-state index < -0.39 is 11.9 Å². The first kappa shape index (κ1) is 19.8. The average molecular weight is 445 g/mol. The van der Waals surface area contributed by atoms with Crippen LogP contribution in [0.5, 0.6) is 0 Å². The van der Waals surface area contributed by atoms with Gasteiger partial charge in [0, 0.05) is 27.2 Å². The van der Waals surface area contributed by atoms with Gasteiger partial charge in [0.2, 0.25) is 0 Å². The van der Waals surface area contributed by atoms with Crippen LogP contribution in [0, 0.1) is 0 Å². The molecule has 0 bridgehead atoms. The first-order valence-corrected chi connectivity index (χ1v) is 10.1. The lowest BCUT2D eigenvalue weighted by atomic mass is 9.93. The number of carbonyl (C=O) groups is 1. The van der Waals surface area contributed by atoms with Crippen LogP contribution in [0.4, 0.5) is 0 Å². The standard InChI is InChI=1S/C23H16Cl3NO2/c24-17-7-1-14(2-8-17)13-27-21(16-5-11-19(26)12-6-16)20(22(28)23(27)29)15-3-9-18(25)10-4-15/h1-12,21,28H,13H2. The summed E-state index contributed by atoms with van der Waals surface area (Å²) in [6, 6.07) is 21.2. The number of hydrogen-bond donors (Lipinski definition) is 1. The number of carbonyl (C=O) groups excluding carboxylic acids is 1. The van der Waals surface area contributed by atoms with Crippen molar-refractivity contribution < 1.29 is 9.90 Å². The average Bonchev–Trinajstić information content (AvgIpc) is 2.96. The molecular weight excluding hydrogens is 429 g/mol. The van der Waals surface area contributed by atoms with Gasteiger partial charge in [0.25, 0.3) is 5.91 Å². The Morgan fingerprint density at radius 1 is 0.759 bits per heavy atom. The third kappa shape index (κ3) is 3.99. The predicted octanol–water partition coefficient (Wildman–Crippen LogP) is 6.70. The van der Waals surface area contributed by atoms with Gasteiger partial charge in [0.05, 0.1) is 6.04 Å². The normalized spacial score (nSPS) is 16.6. The van der Waals surface area contributed by atoms with E-state index in [1.807, 2.05) is 24.3 Å². The number of halogens is 3. The minimum atomic E-state index is -0.461. The number of aliphatic hydroxyl groups excluding tert-OH is 1. The Bertz CT molecular complexity index is 1070. The summed E-state index contributed by atoms with van der Waals surface area (Å²) >= 11 is 18.1. The third-order valence-electron chi connectivity index (χ3n) is 4.91. The molecule has 1 unspecified atom stereocenters. The summed E-state index contributed by atoms with van der Waals surface area (Å²) < 4.78 is 0. The van der Waals surface area contributed by atoms with Gasteiger partial charge in [0.1, 0.15) is 0 Å². The quantitative estimate of drug-likeness (QED) is 0.486. The molecule has 0 fully saturated rings. The molecule has 1 aliphatic rings. The Morgan fingerprint density at radius 3 is 1.79 bits per heavy atom. The number of nitrogens with zero attached hydrogens (tertiary/aromatic N) is 1. The molecule has 1 amide bonds. The highest BCUT2D eigenvalue weighted by atomic mass is 35.5. The zero-order valence-electron chi connectivity index (χ0n) is 15.1. The van der Waals surface area contributed by atoms with Crippen LogP contribution >= 0.6 is 34.8 Å². The molecule has 1 atom stereocenters. The number of rotatable bonds is 4. The topological polar surface area (TPSA) is 40.5 Å². The summed E-state index contributed by atoms with van der Waals surface area (Å²) in [6.07, 6.45) is 0. The molecule has 0 aliphatic carbocycles. The fourth-order valence-electron chi connectivity index (χ4n) is 3.52. The Morgan fingerprint density at radius 2 is 1.24 bits per heavy atom. The molecule has 0 spiro atoms. The lowest BCUT2D eigenvalue weighted by Gasteiger charge is -2.27. The third-order valence-corrected chi connectivity index (χ3v) is 5.67. The van der Waals surface area contributed by atoms with E-state index in [2.05, 4.69) is 0 Å². The lowest BCUT2D eigenvalue weighted by molar-refractivity contribution is -0.130. The summed E-state index contributed by atoms with van der Waals surface area (Å²) in [5, 5.41) is 12.6. The summed E-state index contributed by atoms with van der Waals surface area (Å²) in [5.41, 5.74) is 3.04. The van der Waals surface area contributed by atoms with E-state index in [0.717, 1.165) is 16.7 Å². The maximum Gasteiger partial charge on any atom is 0.290 e. The van der Waals surface area contributed by atoms with Crippen LogP contribution in [-0.2, 0) is 11.3 Å². The van der Waals surface area contributed by atoms with E-state index in [4.69, 9.17) is 34.8 Å². The minimum absolute atomic E-state index is 0.263. The summed E-state index contributed by atoms with van der Waals surface area (Å²) in [4.78, 5) is 14.7. The van der Waals surface area contributed by atoms with Crippen LogP contribution in [0.3, 0.4) is 0 Å². The van der Waals surface area contributed by atoms with Crippen LogP contribution in [0.2, 0.25) is 15.1 Å². The Kier molecular flexibility index (Phi) is 5.55. The molecule has 0 radical (unpaired) electrons. The molecule has 0 saturated carbocycles. The molecule has 1 N–H and O–H groups in total. The van der Waals surface area contributed by atoms with Crippen molar-refractivity contribution in [3.8, 4) is 0 Å². The second kappa shape index (κ2) is 8.11. The number of benzene rings is 3. The van der Waals surface area contributed by atoms with E-state index in [1.165, 1.54) is 0 Å². The first-order chi connectivity index (χ1) is 13.9. The van der Waals surface area contributed by atoms with Crippen LogP contribution in [0.15, 0.2) is 78.6 Å². The fourth-order valence-corrected chi connectivity index (χ4v) is 3.90. The molecule has 3 aromatic rings. The van der Waals surface area contributed by atoms with Gasteiger partial charge in [-0.15, -0.1) is 0 Å².